The van der Waals surface area contributed by atoms with Crippen LogP contribution in [0.4, 0.5) is 0 Å². The Balaban J connectivity index is 1.65. The van der Waals surface area contributed by atoms with Gasteiger partial charge in [0.15, 0.2) is 0 Å². The van der Waals surface area contributed by atoms with Crippen LogP contribution in [0.3, 0.4) is 0 Å². The molecule has 1 fully saturated rings. The van der Waals surface area contributed by atoms with Crippen molar-refractivity contribution in [2.24, 2.45) is 0 Å². The average molecular weight is 470 g/mol. The van der Waals surface area contributed by atoms with Crippen molar-refractivity contribution in [1.82, 2.24) is 14.9 Å². The molecule has 6 nitrogen and oxygen atoms in total. The molecule has 0 radical (unpaired) electrons. The van der Waals surface area contributed by atoms with Gasteiger partial charge >= 0.3 is 0 Å². The number of aryl methyl sites for hydroxylation is 1. The maximum Gasteiger partial charge on any atom is 0.244 e. The number of hydrogen-bond donors (Lipinski definition) is 2. The molecule has 0 unspecified atom stereocenters. The number of rotatable bonds is 4. The Morgan fingerprint density at radius 3 is 2.15 bits per heavy atom. The summed E-state index contributed by atoms with van der Waals surface area (Å²) in [6.45, 7) is 10.7. The normalized spacial score (nSPS) is 23.0. The summed E-state index contributed by atoms with van der Waals surface area (Å²) in [5.41, 5.74) is 2.72. The van der Waals surface area contributed by atoms with Crippen molar-refractivity contribution >= 4 is 15.9 Å². The number of sulfonamides is 1. The molecular weight excluding hydrogens is 434 g/mol. The van der Waals surface area contributed by atoms with Gasteiger partial charge in [-0.2, -0.15) is 4.31 Å². The Morgan fingerprint density at radius 2 is 1.55 bits per heavy atom. The van der Waals surface area contributed by atoms with Crippen LogP contribution in [0.1, 0.15) is 57.2 Å². The van der Waals surface area contributed by atoms with Crippen LogP contribution in [0.15, 0.2) is 53.4 Å². The lowest BCUT2D eigenvalue weighted by Gasteiger charge is -2.47. The first-order valence-electron chi connectivity index (χ1n) is 11.6. The van der Waals surface area contributed by atoms with Crippen molar-refractivity contribution in [3.63, 3.8) is 0 Å². The molecule has 0 aromatic heterocycles. The summed E-state index contributed by atoms with van der Waals surface area (Å²) in [7, 11) is -3.84. The molecule has 1 saturated heterocycles. The van der Waals surface area contributed by atoms with E-state index in [1.165, 1.54) is 4.31 Å². The van der Waals surface area contributed by atoms with E-state index in [-0.39, 0.29) is 34.5 Å². The van der Waals surface area contributed by atoms with Gasteiger partial charge in [-0.25, -0.2) is 8.42 Å². The fourth-order valence-corrected chi connectivity index (χ4v) is 7.11. The van der Waals surface area contributed by atoms with Gasteiger partial charge in [0.05, 0.1) is 4.90 Å². The van der Waals surface area contributed by atoms with Crippen molar-refractivity contribution in [2.75, 3.05) is 0 Å². The number of carbonyl (C=O) groups excluding carboxylic acids is 1. The predicted octanol–water partition coefficient (Wildman–Crippen LogP) is 3.54. The number of nitrogens with one attached hydrogen (secondary N) is 2. The van der Waals surface area contributed by atoms with E-state index in [1.54, 1.807) is 24.3 Å². The van der Waals surface area contributed by atoms with Gasteiger partial charge in [0.1, 0.15) is 6.04 Å². The van der Waals surface area contributed by atoms with E-state index >= 15 is 0 Å². The SMILES string of the molecule is Cc1ccc(S(=O)(=O)N2Cc3ccccc3C[C@@H]2C(=O)NC2CC(C)(C)NC(C)(C)C2)cc1. The molecule has 2 aromatic carbocycles. The smallest absolute Gasteiger partial charge is 0.244 e. The lowest BCUT2D eigenvalue weighted by molar-refractivity contribution is -0.126. The van der Waals surface area contributed by atoms with E-state index in [1.807, 2.05) is 31.2 Å². The highest BCUT2D eigenvalue weighted by atomic mass is 32.2. The van der Waals surface area contributed by atoms with Crippen LogP contribution in [0.2, 0.25) is 0 Å². The fourth-order valence-electron chi connectivity index (χ4n) is 5.54. The number of amides is 1. The molecule has 2 N–H and O–H groups in total. The van der Waals surface area contributed by atoms with Gasteiger partial charge in [-0.05, 0) is 77.1 Å². The van der Waals surface area contributed by atoms with E-state index in [0.717, 1.165) is 29.5 Å². The summed E-state index contributed by atoms with van der Waals surface area (Å²) in [4.78, 5) is 13.8. The number of benzene rings is 2. The summed E-state index contributed by atoms with van der Waals surface area (Å²) in [5.74, 6) is -0.223. The van der Waals surface area contributed by atoms with Gasteiger partial charge in [0, 0.05) is 23.7 Å². The first kappa shape index (κ1) is 23.9. The molecule has 0 bridgehead atoms. The zero-order valence-electron chi connectivity index (χ0n) is 20.2. The van der Waals surface area contributed by atoms with Crippen LogP contribution in [-0.2, 0) is 27.8 Å². The van der Waals surface area contributed by atoms with E-state index < -0.39 is 16.1 Å². The molecule has 2 heterocycles. The first-order chi connectivity index (χ1) is 15.4. The third-order valence-electron chi connectivity index (χ3n) is 6.67. The molecule has 2 aliphatic rings. The molecule has 33 heavy (non-hydrogen) atoms. The Hall–Kier alpha value is -2.22. The molecule has 2 aromatic rings. The van der Waals surface area contributed by atoms with Gasteiger partial charge in [-0.15, -0.1) is 0 Å². The second kappa shape index (κ2) is 8.53. The number of fused-ring (bicyclic) bond motifs is 1. The molecule has 0 saturated carbocycles. The van der Waals surface area contributed by atoms with Gasteiger partial charge < -0.3 is 10.6 Å². The topological polar surface area (TPSA) is 78.5 Å². The highest BCUT2D eigenvalue weighted by Crippen LogP contribution is 2.31. The Kier molecular flexibility index (Phi) is 6.18. The van der Waals surface area contributed by atoms with E-state index in [9.17, 15) is 13.2 Å². The highest BCUT2D eigenvalue weighted by molar-refractivity contribution is 7.89. The van der Waals surface area contributed by atoms with Crippen LogP contribution >= 0.6 is 0 Å². The van der Waals surface area contributed by atoms with Crippen LogP contribution in [0, 0.1) is 6.92 Å². The Labute approximate surface area is 197 Å². The summed E-state index contributed by atoms with van der Waals surface area (Å²) in [5, 5.41) is 6.84. The Morgan fingerprint density at radius 1 is 0.970 bits per heavy atom. The van der Waals surface area contributed by atoms with Crippen molar-refractivity contribution in [1.29, 1.82) is 0 Å². The maximum atomic E-state index is 13.7. The third-order valence-corrected chi connectivity index (χ3v) is 8.54. The minimum atomic E-state index is -3.84. The molecule has 2 aliphatic heterocycles. The lowest BCUT2D eigenvalue weighted by atomic mass is 9.79. The summed E-state index contributed by atoms with van der Waals surface area (Å²) in [6, 6.07) is 13.8. The minimum Gasteiger partial charge on any atom is -0.352 e. The highest BCUT2D eigenvalue weighted by Gasteiger charge is 2.42. The average Bonchev–Trinajstić information content (AvgIpc) is 2.70. The van der Waals surface area contributed by atoms with Crippen molar-refractivity contribution in [3.05, 3.63) is 65.2 Å². The van der Waals surface area contributed by atoms with Crippen LogP contribution in [-0.4, -0.2) is 41.8 Å². The van der Waals surface area contributed by atoms with Gasteiger partial charge in [-0.3, -0.25) is 4.79 Å². The van der Waals surface area contributed by atoms with Crippen LogP contribution in [0.5, 0.6) is 0 Å². The van der Waals surface area contributed by atoms with Crippen LogP contribution in [0.25, 0.3) is 0 Å². The third kappa shape index (κ3) is 5.15. The molecule has 178 valence electrons. The molecule has 0 spiro atoms. The monoisotopic (exact) mass is 469 g/mol. The molecule has 4 rings (SSSR count). The Bertz CT molecular complexity index is 1120. The van der Waals surface area contributed by atoms with Crippen molar-refractivity contribution in [3.8, 4) is 0 Å². The van der Waals surface area contributed by atoms with E-state index in [2.05, 4.69) is 38.3 Å². The number of hydrogen-bond acceptors (Lipinski definition) is 4. The number of nitrogens with zero attached hydrogens (tertiary/aromatic N) is 1. The number of carbonyl (C=O) groups is 1. The zero-order chi connectivity index (χ0) is 24.0. The zero-order valence-corrected chi connectivity index (χ0v) is 21.0. The maximum absolute atomic E-state index is 13.7. The summed E-state index contributed by atoms with van der Waals surface area (Å²) < 4.78 is 28.7. The predicted molar refractivity (Wildman–Crippen MR) is 130 cm³/mol. The molecule has 1 amide bonds. The molecule has 1 atom stereocenters. The number of piperidine rings is 1. The molecular formula is C26H35N3O3S. The van der Waals surface area contributed by atoms with E-state index in [4.69, 9.17) is 0 Å². The van der Waals surface area contributed by atoms with Crippen molar-refractivity contribution in [2.45, 2.75) is 88.5 Å². The van der Waals surface area contributed by atoms with Crippen molar-refractivity contribution < 1.29 is 13.2 Å². The van der Waals surface area contributed by atoms with Crippen LogP contribution < -0.4 is 10.6 Å². The second-order valence-electron chi connectivity index (χ2n) is 10.9. The lowest BCUT2D eigenvalue weighted by Crippen LogP contribution is -2.63. The first-order valence-corrected chi connectivity index (χ1v) is 13.1. The second-order valence-corrected chi connectivity index (χ2v) is 12.7. The minimum absolute atomic E-state index is 0.0233. The van der Waals surface area contributed by atoms with Gasteiger partial charge in [0.25, 0.3) is 0 Å². The van der Waals surface area contributed by atoms with Gasteiger partial charge in [0.2, 0.25) is 15.9 Å². The molecule has 0 aliphatic carbocycles. The summed E-state index contributed by atoms with van der Waals surface area (Å²) >= 11 is 0. The summed E-state index contributed by atoms with van der Waals surface area (Å²) in [6.07, 6.45) is 1.94. The van der Waals surface area contributed by atoms with E-state index in [0.29, 0.717) is 6.42 Å². The largest absolute Gasteiger partial charge is 0.352 e. The standard InChI is InChI=1S/C26H35N3O3S/c1-18-10-12-22(13-11-18)33(31,32)29-17-20-9-7-6-8-19(20)14-23(29)24(30)27-21-15-25(2,3)28-26(4,5)16-21/h6-13,21,23,28H,14-17H2,1-5H3,(H,27,30)/t23-/m1/s1. The molecule has 7 heteroatoms. The quantitative estimate of drug-likeness (QED) is 0.718. The fraction of sp³-hybridized carbons (Fsp3) is 0.500. The van der Waals surface area contributed by atoms with Gasteiger partial charge in [-0.1, -0.05) is 42.0 Å².